The zero-order valence-corrected chi connectivity index (χ0v) is 6.15. The third kappa shape index (κ3) is 1.91. The van der Waals surface area contributed by atoms with E-state index in [1.807, 2.05) is 0 Å². The molecule has 1 rings (SSSR count). The standard InChI is InChI=1S/C9H6F3/c1-2-7-3-5-8(6-4-7)9(10,11)12/h1,3,5-6H,4H2. The van der Waals surface area contributed by atoms with Gasteiger partial charge in [0.25, 0.3) is 0 Å². The van der Waals surface area contributed by atoms with Crippen LogP contribution in [0, 0.1) is 18.3 Å². The molecular weight excluding hydrogens is 165 g/mol. The highest BCUT2D eigenvalue weighted by atomic mass is 19.4. The number of terminal acetylenes is 1. The summed E-state index contributed by atoms with van der Waals surface area (Å²) in [5, 5.41) is 0. The second-order valence-corrected chi connectivity index (χ2v) is 2.36. The van der Waals surface area contributed by atoms with Crippen molar-refractivity contribution in [2.45, 2.75) is 12.6 Å². The van der Waals surface area contributed by atoms with Crippen LogP contribution in [0.1, 0.15) is 6.42 Å². The predicted molar refractivity (Wildman–Crippen MR) is 40.0 cm³/mol. The average molecular weight is 171 g/mol. The third-order valence-corrected chi connectivity index (χ3v) is 1.52. The lowest BCUT2D eigenvalue weighted by Gasteiger charge is -2.12. The molecule has 0 unspecified atom stereocenters. The largest absolute Gasteiger partial charge is 0.416 e. The smallest absolute Gasteiger partial charge is 0.166 e. The van der Waals surface area contributed by atoms with E-state index in [1.165, 1.54) is 6.08 Å². The molecule has 0 saturated carbocycles. The zero-order valence-electron chi connectivity index (χ0n) is 6.15. The topological polar surface area (TPSA) is 0 Å². The van der Waals surface area contributed by atoms with E-state index in [2.05, 4.69) is 5.92 Å². The summed E-state index contributed by atoms with van der Waals surface area (Å²) in [5.74, 6) is 2.87. The molecule has 0 heterocycles. The summed E-state index contributed by atoms with van der Waals surface area (Å²) in [6.45, 7) is 0. The molecule has 0 aliphatic heterocycles. The molecule has 12 heavy (non-hydrogen) atoms. The first-order valence-corrected chi connectivity index (χ1v) is 3.32. The number of hydrogen-bond acceptors (Lipinski definition) is 0. The van der Waals surface area contributed by atoms with E-state index < -0.39 is 11.7 Å². The van der Waals surface area contributed by atoms with Crippen molar-refractivity contribution in [2.75, 3.05) is 0 Å². The molecule has 0 atom stereocenters. The fourth-order valence-corrected chi connectivity index (χ4v) is 0.864. The second-order valence-electron chi connectivity index (χ2n) is 2.36. The molecule has 0 spiro atoms. The van der Waals surface area contributed by atoms with Gasteiger partial charge in [-0.05, 0) is 6.42 Å². The summed E-state index contributed by atoms with van der Waals surface area (Å²) in [5.41, 5.74) is -0.624. The Morgan fingerprint density at radius 3 is 2.33 bits per heavy atom. The van der Waals surface area contributed by atoms with Gasteiger partial charge in [0.2, 0.25) is 0 Å². The van der Waals surface area contributed by atoms with Gasteiger partial charge in [-0.2, -0.15) is 13.2 Å². The molecule has 0 N–H and O–H groups in total. The van der Waals surface area contributed by atoms with Crippen LogP contribution in [0.3, 0.4) is 0 Å². The third-order valence-electron chi connectivity index (χ3n) is 1.52. The van der Waals surface area contributed by atoms with Crippen LogP contribution >= 0.6 is 0 Å². The highest BCUT2D eigenvalue weighted by molar-refractivity contribution is 5.41. The second kappa shape index (κ2) is 3.06. The highest BCUT2D eigenvalue weighted by Crippen LogP contribution is 2.30. The summed E-state index contributed by atoms with van der Waals surface area (Å²) in [6.07, 6.45) is 4.37. The van der Waals surface area contributed by atoms with Crippen LogP contribution in [0.2, 0.25) is 0 Å². The number of alkyl halides is 3. The minimum Gasteiger partial charge on any atom is -0.166 e. The molecule has 1 aliphatic carbocycles. The molecule has 0 aromatic rings. The van der Waals surface area contributed by atoms with Gasteiger partial charge in [-0.1, -0.05) is 24.1 Å². The Morgan fingerprint density at radius 1 is 1.33 bits per heavy atom. The number of rotatable bonds is 0. The quantitative estimate of drug-likeness (QED) is 0.491. The maximum atomic E-state index is 12.0. The lowest BCUT2D eigenvalue weighted by atomic mass is 9.97. The molecule has 3 heteroatoms. The van der Waals surface area contributed by atoms with Gasteiger partial charge in [0.1, 0.15) is 0 Å². The Hall–Kier alpha value is -1.17. The maximum Gasteiger partial charge on any atom is 0.416 e. The van der Waals surface area contributed by atoms with Crippen molar-refractivity contribution in [3.8, 4) is 12.3 Å². The van der Waals surface area contributed by atoms with Crippen molar-refractivity contribution in [3.63, 3.8) is 0 Å². The summed E-state index contributed by atoms with van der Waals surface area (Å²) in [7, 11) is 0. The van der Waals surface area contributed by atoms with Crippen molar-refractivity contribution in [1.82, 2.24) is 0 Å². The van der Waals surface area contributed by atoms with Gasteiger partial charge in [0.05, 0.1) is 11.5 Å². The van der Waals surface area contributed by atoms with Gasteiger partial charge in [-0.3, -0.25) is 0 Å². The SMILES string of the molecule is C#C[C]1C=CC(C(F)(F)F)=CC1. The van der Waals surface area contributed by atoms with E-state index in [0.29, 0.717) is 5.92 Å². The van der Waals surface area contributed by atoms with E-state index in [0.717, 1.165) is 12.2 Å². The van der Waals surface area contributed by atoms with Gasteiger partial charge in [0.15, 0.2) is 0 Å². The molecule has 0 nitrogen and oxygen atoms in total. The Bertz CT molecular complexity index is 262. The monoisotopic (exact) mass is 171 g/mol. The Morgan fingerprint density at radius 2 is 2.00 bits per heavy atom. The number of allylic oxidation sites excluding steroid dienone is 4. The number of hydrogen-bond donors (Lipinski definition) is 0. The first kappa shape index (κ1) is 8.92. The molecule has 0 aromatic heterocycles. The molecule has 0 bridgehead atoms. The van der Waals surface area contributed by atoms with Crippen LogP contribution in [-0.2, 0) is 0 Å². The van der Waals surface area contributed by atoms with Crippen LogP contribution in [0.5, 0.6) is 0 Å². The minimum absolute atomic E-state index is 0.196. The molecule has 1 aliphatic rings. The van der Waals surface area contributed by atoms with Crippen molar-refractivity contribution < 1.29 is 13.2 Å². The molecule has 1 radical (unpaired) electrons. The molecule has 0 saturated heterocycles. The molecule has 0 fully saturated rings. The van der Waals surface area contributed by atoms with Crippen LogP contribution in [0.15, 0.2) is 23.8 Å². The predicted octanol–water partition coefficient (Wildman–Crippen LogP) is 2.64. The van der Waals surface area contributed by atoms with E-state index in [9.17, 15) is 13.2 Å². The van der Waals surface area contributed by atoms with Crippen molar-refractivity contribution in [3.05, 3.63) is 29.7 Å². The van der Waals surface area contributed by atoms with Gasteiger partial charge in [0, 0.05) is 0 Å². The van der Waals surface area contributed by atoms with Gasteiger partial charge < -0.3 is 0 Å². The maximum absolute atomic E-state index is 12.0. The minimum atomic E-state index is -4.25. The average Bonchev–Trinajstić information content (AvgIpc) is 2.03. The van der Waals surface area contributed by atoms with E-state index in [4.69, 9.17) is 6.42 Å². The fourth-order valence-electron chi connectivity index (χ4n) is 0.864. The van der Waals surface area contributed by atoms with Gasteiger partial charge in [-0.25, -0.2) is 0 Å². The fraction of sp³-hybridized carbons (Fsp3) is 0.222. The van der Waals surface area contributed by atoms with Crippen LogP contribution in [0.4, 0.5) is 13.2 Å². The normalized spacial score (nSPS) is 18.7. The molecule has 0 amide bonds. The lowest BCUT2D eigenvalue weighted by Crippen LogP contribution is -2.12. The van der Waals surface area contributed by atoms with E-state index in [1.54, 1.807) is 0 Å². The van der Waals surface area contributed by atoms with E-state index >= 15 is 0 Å². The van der Waals surface area contributed by atoms with Gasteiger partial charge in [-0.15, -0.1) is 6.42 Å². The Balaban J connectivity index is 2.72. The molecule has 0 aromatic carbocycles. The zero-order chi connectivity index (χ0) is 9.19. The van der Waals surface area contributed by atoms with Gasteiger partial charge >= 0.3 is 6.18 Å². The first-order valence-electron chi connectivity index (χ1n) is 3.32. The Labute approximate surface area is 68.8 Å². The summed E-state index contributed by atoms with van der Waals surface area (Å²) < 4.78 is 36.0. The summed E-state index contributed by atoms with van der Waals surface area (Å²) in [4.78, 5) is 0. The Kier molecular flexibility index (Phi) is 2.27. The summed E-state index contributed by atoms with van der Waals surface area (Å²) in [6, 6.07) is 0. The van der Waals surface area contributed by atoms with E-state index in [-0.39, 0.29) is 6.42 Å². The van der Waals surface area contributed by atoms with Crippen LogP contribution < -0.4 is 0 Å². The lowest BCUT2D eigenvalue weighted by molar-refractivity contribution is -0.0885. The van der Waals surface area contributed by atoms with Crippen LogP contribution in [-0.4, -0.2) is 6.18 Å². The number of halogens is 3. The van der Waals surface area contributed by atoms with Crippen molar-refractivity contribution >= 4 is 0 Å². The van der Waals surface area contributed by atoms with Crippen molar-refractivity contribution in [1.29, 1.82) is 0 Å². The highest BCUT2D eigenvalue weighted by Gasteiger charge is 2.32. The van der Waals surface area contributed by atoms with Crippen LogP contribution in [0.25, 0.3) is 0 Å². The molecular formula is C9H6F3. The first-order chi connectivity index (χ1) is 5.54. The van der Waals surface area contributed by atoms with Crippen molar-refractivity contribution in [2.24, 2.45) is 0 Å². The molecule has 63 valence electrons. The summed E-state index contributed by atoms with van der Waals surface area (Å²) >= 11 is 0.